The zero-order valence-corrected chi connectivity index (χ0v) is 50.0. The first-order valence-electron chi connectivity index (χ1n) is 31.3. The van der Waals surface area contributed by atoms with Crippen molar-refractivity contribution in [3.63, 3.8) is 0 Å². The van der Waals surface area contributed by atoms with E-state index in [0.717, 1.165) is 64.2 Å². The van der Waals surface area contributed by atoms with Crippen LogP contribution in [0.15, 0.2) is 36.5 Å². The minimum Gasteiger partial charge on any atom is -0.456 e. The molecule has 0 aromatic heterocycles. The molecule has 9 nitrogen and oxygen atoms in total. The van der Waals surface area contributed by atoms with E-state index in [9.17, 15) is 19.0 Å². The van der Waals surface area contributed by atoms with E-state index in [1.165, 1.54) is 205 Å². The number of likely N-dealkylation sites (N-methyl/N-ethyl adjacent to an activating group) is 1. The van der Waals surface area contributed by atoms with Gasteiger partial charge in [-0.05, 0) is 63.9 Å². The lowest BCUT2D eigenvalue weighted by Crippen LogP contribution is -2.47. The van der Waals surface area contributed by atoms with Gasteiger partial charge in [0.2, 0.25) is 5.91 Å². The number of nitrogens with zero attached hydrogens (tertiary/aromatic N) is 1. The molecule has 430 valence electrons. The Bertz CT molecular complexity index is 1350. The minimum absolute atomic E-state index is 0.0431. The van der Waals surface area contributed by atoms with E-state index in [0.29, 0.717) is 23.9 Å². The zero-order chi connectivity index (χ0) is 53.6. The first-order chi connectivity index (χ1) is 35.4. The van der Waals surface area contributed by atoms with E-state index < -0.39 is 20.0 Å². The van der Waals surface area contributed by atoms with Gasteiger partial charge in [-0.2, -0.15) is 0 Å². The summed E-state index contributed by atoms with van der Waals surface area (Å²) >= 11 is 0. The molecule has 0 rings (SSSR count). The molecule has 0 radical (unpaired) electrons. The Morgan fingerprint density at radius 1 is 0.479 bits per heavy atom. The van der Waals surface area contributed by atoms with E-state index in [1.807, 2.05) is 33.3 Å². The monoisotopic (exact) mass is 1050 g/mol. The predicted molar refractivity (Wildman–Crippen MR) is 314 cm³/mol. The van der Waals surface area contributed by atoms with Crippen LogP contribution in [0.5, 0.6) is 0 Å². The van der Waals surface area contributed by atoms with Crippen LogP contribution in [0.25, 0.3) is 0 Å². The highest BCUT2D eigenvalue weighted by Gasteiger charge is 2.30. The number of amides is 1. The van der Waals surface area contributed by atoms with Gasteiger partial charge in [-0.3, -0.25) is 18.6 Å². The summed E-state index contributed by atoms with van der Waals surface area (Å²) in [5.41, 5.74) is 0. The number of phosphoric acid groups is 1. The first-order valence-corrected chi connectivity index (χ1v) is 32.8. The highest BCUT2D eigenvalue weighted by Crippen LogP contribution is 2.43. The van der Waals surface area contributed by atoms with Crippen molar-refractivity contribution in [3.8, 4) is 0 Å². The summed E-state index contributed by atoms with van der Waals surface area (Å²) in [6.45, 7) is 7.00. The Morgan fingerprint density at radius 2 is 0.836 bits per heavy atom. The van der Waals surface area contributed by atoms with Crippen LogP contribution in [0, 0.1) is 0 Å². The van der Waals surface area contributed by atoms with Crippen molar-refractivity contribution in [2.24, 2.45) is 0 Å². The van der Waals surface area contributed by atoms with Gasteiger partial charge >= 0.3 is 13.8 Å². The lowest BCUT2D eigenvalue weighted by Gasteiger charge is -2.27. The van der Waals surface area contributed by atoms with E-state index in [4.69, 9.17) is 13.8 Å². The number of ether oxygens (including phenoxy) is 1. The fourth-order valence-electron chi connectivity index (χ4n) is 9.21. The Morgan fingerprint density at radius 3 is 1.26 bits per heavy atom. The molecule has 2 N–H and O–H groups in total. The predicted octanol–water partition coefficient (Wildman–Crippen LogP) is 19.1. The molecule has 0 aliphatic carbocycles. The normalized spacial score (nSPS) is 13.9. The SMILES string of the molecule is CCCCC/C=C\C/C=C\CCCCCCCCCCCCCCCCCC(=O)OC(/C=C\CCCCCCCCCCC)C(COP(=O)(O)OCC[N+](C)(C)C)NC(=O)CCCCCCCCCCCCC. The van der Waals surface area contributed by atoms with E-state index in [2.05, 4.69) is 50.4 Å². The average molecular weight is 1050 g/mol. The van der Waals surface area contributed by atoms with Gasteiger partial charge in [0.25, 0.3) is 0 Å². The van der Waals surface area contributed by atoms with Crippen molar-refractivity contribution >= 4 is 19.7 Å². The number of hydrogen-bond donors (Lipinski definition) is 2. The fourth-order valence-corrected chi connectivity index (χ4v) is 9.94. The Balaban J connectivity index is 5.00. The van der Waals surface area contributed by atoms with Gasteiger partial charge in [0.15, 0.2) is 0 Å². The third-order valence-electron chi connectivity index (χ3n) is 14.1. The van der Waals surface area contributed by atoms with E-state index in [-0.39, 0.29) is 25.1 Å². The highest BCUT2D eigenvalue weighted by molar-refractivity contribution is 7.47. The number of carbonyl (C=O) groups is 2. The summed E-state index contributed by atoms with van der Waals surface area (Å²) in [5.74, 6) is -0.494. The lowest BCUT2D eigenvalue weighted by atomic mass is 10.0. The van der Waals surface area contributed by atoms with Crippen molar-refractivity contribution in [2.75, 3.05) is 40.9 Å². The van der Waals surface area contributed by atoms with Gasteiger partial charge in [0, 0.05) is 12.8 Å². The van der Waals surface area contributed by atoms with Crippen LogP contribution in [-0.2, 0) is 27.9 Å². The average Bonchev–Trinajstić information content (AvgIpc) is 3.35. The third-order valence-corrected chi connectivity index (χ3v) is 15.1. The quantitative estimate of drug-likeness (QED) is 0.0205. The number of allylic oxidation sites excluding steroid dienone is 5. The summed E-state index contributed by atoms with van der Waals surface area (Å²) in [6, 6.07) is -0.841. The number of phosphoric ester groups is 1. The van der Waals surface area contributed by atoms with Crippen LogP contribution < -0.4 is 5.32 Å². The van der Waals surface area contributed by atoms with Crippen molar-refractivity contribution in [2.45, 2.75) is 315 Å². The Labute approximate surface area is 453 Å². The molecular formula is C63H122N2O7P+. The Kier molecular flexibility index (Phi) is 52.3. The van der Waals surface area contributed by atoms with Gasteiger partial charge < -0.3 is 19.4 Å². The van der Waals surface area contributed by atoms with E-state index in [1.54, 1.807) is 0 Å². The Hall–Kier alpha value is -1.77. The maximum Gasteiger partial charge on any atom is 0.472 e. The molecule has 1 amide bonds. The van der Waals surface area contributed by atoms with E-state index >= 15 is 0 Å². The number of quaternary nitrogens is 1. The maximum atomic E-state index is 13.5. The van der Waals surface area contributed by atoms with Crippen molar-refractivity contribution < 1.29 is 37.3 Å². The molecule has 0 bridgehead atoms. The van der Waals surface area contributed by atoms with Crippen molar-refractivity contribution in [3.05, 3.63) is 36.5 Å². The molecule has 0 aromatic carbocycles. The highest BCUT2D eigenvalue weighted by atomic mass is 31.2. The number of carbonyl (C=O) groups excluding carboxylic acids is 2. The number of rotatable bonds is 57. The molecule has 0 saturated heterocycles. The molecular weight excluding hydrogens is 928 g/mol. The third kappa shape index (κ3) is 54.8. The second kappa shape index (κ2) is 53.6. The first kappa shape index (κ1) is 71.2. The molecule has 0 spiro atoms. The molecule has 0 saturated carbocycles. The second-order valence-corrected chi connectivity index (χ2v) is 24.0. The van der Waals surface area contributed by atoms with Crippen LogP contribution >= 0.6 is 7.82 Å². The molecule has 0 fully saturated rings. The maximum absolute atomic E-state index is 13.5. The standard InChI is InChI=1S/C63H121N2O7P/c1-7-10-13-16-19-22-25-26-27-28-29-30-31-32-33-34-35-36-37-38-41-44-47-50-53-56-63(67)72-61(54-51-48-45-42-39-23-20-17-14-11-8-2)60(59-71-73(68,69)70-58-57-65(4,5)6)64-62(66)55-52-49-46-43-40-24-21-18-15-12-9-3/h19,22,26-27,51,54,60-61H,7-18,20-21,23-25,28-50,52-53,55-59H2,1-6H3,(H-,64,66,68,69)/p+1/b22-19-,27-26-,54-51-. The zero-order valence-electron chi connectivity index (χ0n) is 49.1. The summed E-state index contributed by atoms with van der Waals surface area (Å²) in [7, 11) is 1.51. The van der Waals surface area contributed by atoms with Crippen molar-refractivity contribution in [1.29, 1.82) is 0 Å². The molecule has 0 aliphatic heterocycles. The van der Waals surface area contributed by atoms with Crippen LogP contribution in [0.3, 0.4) is 0 Å². The molecule has 0 heterocycles. The summed E-state index contributed by atoms with van der Waals surface area (Å²) < 4.78 is 30.6. The van der Waals surface area contributed by atoms with Crippen LogP contribution in [0.2, 0.25) is 0 Å². The second-order valence-electron chi connectivity index (χ2n) is 22.6. The van der Waals surface area contributed by atoms with Gasteiger partial charge in [-0.25, -0.2) is 4.57 Å². The fraction of sp³-hybridized carbons (Fsp3) is 0.873. The van der Waals surface area contributed by atoms with Gasteiger partial charge in [-0.15, -0.1) is 0 Å². The minimum atomic E-state index is -4.44. The van der Waals surface area contributed by atoms with Gasteiger partial charge in [0.05, 0.1) is 33.8 Å². The molecule has 0 aliphatic rings. The van der Waals surface area contributed by atoms with Crippen LogP contribution in [0.1, 0.15) is 303 Å². The number of hydrogen-bond acceptors (Lipinski definition) is 6. The smallest absolute Gasteiger partial charge is 0.456 e. The number of esters is 1. The summed E-state index contributed by atoms with van der Waals surface area (Å²) in [6.07, 6.45) is 64.4. The molecule has 0 aromatic rings. The van der Waals surface area contributed by atoms with Crippen LogP contribution in [-0.4, -0.2) is 74.3 Å². The topological polar surface area (TPSA) is 111 Å². The van der Waals surface area contributed by atoms with Crippen LogP contribution in [0.4, 0.5) is 0 Å². The van der Waals surface area contributed by atoms with Gasteiger partial charge in [-0.1, -0.05) is 263 Å². The lowest BCUT2D eigenvalue weighted by molar-refractivity contribution is -0.870. The number of unbranched alkanes of at least 4 members (excludes halogenated alkanes) is 37. The largest absolute Gasteiger partial charge is 0.472 e. The molecule has 73 heavy (non-hydrogen) atoms. The van der Waals surface area contributed by atoms with Crippen molar-refractivity contribution in [1.82, 2.24) is 5.32 Å². The van der Waals surface area contributed by atoms with Gasteiger partial charge in [0.1, 0.15) is 19.3 Å². The number of nitrogens with one attached hydrogen (secondary N) is 1. The molecule has 3 atom stereocenters. The summed E-state index contributed by atoms with van der Waals surface area (Å²) in [5, 5.41) is 3.05. The molecule has 3 unspecified atom stereocenters. The molecule has 10 heteroatoms. The summed E-state index contributed by atoms with van der Waals surface area (Å²) in [4.78, 5) is 37.6.